The zero-order chi connectivity index (χ0) is 11.4. The normalized spacial score (nSPS) is 12.5. The Hall–Kier alpha value is -0.840. The zero-order valence-corrected chi connectivity index (χ0v) is 11.0. The van der Waals surface area contributed by atoms with E-state index in [1.54, 1.807) is 6.20 Å². The highest BCUT2D eigenvalue weighted by molar-refractivity contribution is 9.10. The average Bonchev–Trinajstić information content (AvgIpc) is 2.23. The van der Waals surface area contributed by atoms with Crippen LogP contribution in [0.25, 0.3) is 0 Å². The second kappa shape index (κ2) is 5.30. The number of hydrogen-bond donors (Lipinski definition) is 1. The van der Waals surface area contributed by atoms with Crippen LogP contribution in [-0.4, -0.2) is 22.6 Å². The van der Waals surface area contributed by atoms with Crippen molar-refractivity contribution < 1.29 is 0 Å². The number of rotatable bonds is 4. The van der Waals surface area contributed by atoms with Gasteiger partial charge in [0.15, 0.2) is 0 Å². The molecule has 1 aromatic rings. The number of hydrogen-bond acceptors (Lipinski definition) is 4. The van der Waals surface area contributed by atoms with Gasteiger partial charge < -0.3 is 10.6 Å². The first-order chi connectivity index (χ1) is 7.10. The Balaban J connectivity index is 3.05. The third-order valence-electron chi connectivity index (χ3n) is 2.48. The van der Waals surface area contributed by atoms with Crippen LogP contribution in [0.2, 0.25) is 0 Å². The largest absolute Gasteiger partial charge is 0.368 e. The van der Waals surface area contributed by atoms with Crippen molar-refractivity contribution in [1.29, 1.82) is 0 Å². The maximum absolute atomic E-state index is 5.59. The molecule has 84 valence electrons. The maximum Gasteiger partial charge on any atom is 0.222 e. The van der Waals surface area contributed by atoms with Gasteiger partial charge in [-0.05, 0) is 36.2 Å². The van der Waals surface area contributed by atoms with Crippen molar-refractivity contribution in [2.75, 3.05) is 17.2 Å². The Morgan fingerprint density at radius 1 is 1.53 bits per heavy atom. The maximum atomic E-state index is 5.59. The second-order valence-electron chi connectivity index (χ2n) is 3.44. The van der Waals surface area contributed by atoms with E-state index in [0.29, 0.717) is 12.0 Å². The lowest BCUT2D eigenvalue weighted by molar-refractivity contribution is 0.621. The van der Waals surface area contributed by atoms with Crippen molar-refractivity contribution in [2.45, 2.75) is 33.2 Å². The Bertz CT molecular complexity index is 329. The molecule has 1 rings (SSSR count). The molecule has 0 saturated carbocycles. The molecule has 0 aromatic carbocycles. The van der Waals surface area contributed by atoms with Crippen molar-refractivity contribution in [3.05, 3.63) is 10.7 Å². The molecule has 0 bridgehead atoms. The molecule has 5 heteroatoms. The summed E-state index contributed by atoms with van der Waals surface area (Å²) in [6.45, 7) is 7.35. The summed E-state index contributed by atoms with van der Waals surface area (Å²) in [7, 11) is 0. The minimum atomic E-state index is 0.315. The first-order valence-electron chi connectivity index (χ1n) is 5.14. The van der Waals surface area contributed by atoms with Crippen LogP contribution in [0.5, 0.6) is 0 Å². The number of halogens is 1. The van der Waals surface area contributed by atoms with Gasteiger partial charge in [0.05, 0.1) is 4.47 Å². The van der Waals surface area contributed by atoms with Gasteiger partial charge in [-0.1, -0.05) is 6.92 Å². The monoisotopic (exact) mass is 272 g/mol. The third kappa shape index (κ3) is 2.81. The van der Waals surface area contributed by atoms with E-state index in [4.69, 9.17) is 5.73 Å². The van der Waals surface area contributed by atoms with E-state index in [9.17, 15) is 0 Å². The van der Waals surface area contributed by atoms with Gasteiger partial charge in [-0.2, -0.15) is 4.98 Å². The fourth-order valence-electron chi connectivity index (χ4n) is 1.46. The summed E-state index contributed by atoms with van der Waals surface area (Å²) in [5.41, 5.74) is 5.59. The van der Waals surface area contributed by atoms with E-state index in [2.05, 4.69) is 51.6 Å². The van der Waals surface area contributed by atoms with Crippen molar-refractivity contribution >= 4 is 27.7 Å². The standard InChI is InChI=1S/C10H17BrN4/c1-4-7(3)15(5-2)9-8(11)6-13-10(12)14-9/h6-7H,4-5H2,1-3H3,(H2,12,13,14). The second-order valence-corrected chi connectivity index (χ2v) is 4.30. The van der Waals surface area contributed by atoms with Crippen LogP contribution in [0.15, 0.2) is 10.7 Å². The summed E-state index contributed by atoms with van der Waals surface area (Å²) < 4.78 is 0.888. The fraction of sp³-hybridized carbons (Fsp3) is 0.600. The summed E-state index contributed by atoms with van der Waals surface area (Å²) in [6, 6.07) is 0.445. The van der Waals surface area contributed by atoms with E-state index >= 15 is 0 Å². The SMILES string of the molecule is CCC(C)N(CC)c1nc(N)ncc1Br. The summed E-state index contributed by atoms with van der Waals surface area (Å²) >= 11 is 3.45. The third-order valence-corrected chi connectivity index (χ3v) is 3.04. The zero-order valence-electron chi connectivity index (χ0n) is 9.37. The molecule has 1 atom stereocenters. The first kappa shape index (κ1) is 12.2. The van der Waals surface area contributed by atoms with E-state index in [1.165, 1.54) is 0 Å². The molecule has 0 aliphatic carbocycles. The van der Waals surface area contributed by atoms with Gasteiger partial charge in [-0.25, -0.2) is 4.98 Å². The summed E-state index contributed by atoms with van der Waals surface area (Å²) in [4.78, 5) is 10.4. The van der Waals surface area contributed by atoms with Crippen LogP contribution in [0.3, 0.4) is 0 Å². The molecular weight excluding hydrogens is 256 g/mol. The minimum absolute atomic E-state index is 0.315. The van der Waals surface area contributed by atoms with Gasteiger partial charge in [-0.3, -0.25) is 0 Å². The predicted octanol–water partition coefficient (Wildman–Crippen LogP) is 2.45. The van der Waals surface area contributed by atoms with Crippen LogP contribution in [0, 0.1) is 0 Å². The lowest BCUT2D eigenvalue weighted by Gasteiger charge is -2.29. The van der Waals surface area contributed by atoms with Gasteiger partial charge in [0.25, 0.3) is 0 Å². The highest BCUT2D eigenvalue weighted by Crippen LogP contribution is 2.25. The smallest absolute Gasteiger partial charge is 0.222 e. The molecule has 0 saturated heterocycles. The average molecular weight is 273 g/mol. The van der Waals surface area contributed by atoms with Crippen LogP contribution >= 0.6 is 15.9 Å². The van der Waals surface area contributed by atoms with Crippen LogP contribution in [0.4, 0.5) is 11.8 Å². The topological polar surface area (TPSA) is 55.0 Å². The molecule has 0 spiro atoms. The van der Waals surface area contributed by atoms with Crippen molar-refractivity contribution in [3.8, 4) is 0 Å². The van der Waals surface area contributed by atoms with Gasteiger partial charge in [-0.15, -0.1) is 0 Å². The van der Waals surface area contributed by atoms with Crippen LogP contribution in [0.1, 0.15) is 27.2 Å². The quantitative estimate of drug-likeness (QED) is 0.915. The van der Waals surface area contributed by atoms with E-state index < -0.39 is 0 Å². The van der Waals surface area contributed by atoms with Gasteiger partial charge in [0, 0.05) is 18.8 Å². The Morgan fingerprint density at radius 2 is 2.20 bits per heavy atom. The summed E-state index contributed by atoms with van der Waals surface area (Å²) in [5.74, 6) is 1.19. The Kier molecular flexibility index (Phi) is 4.32. The number of nitrogen functional groups attached to an aromatic ring is 1. The molecular formula is C10H17BrN4. The van der Waals surface area contributed by atoms with Gasteiger partial charge >= 0.3 is 0 Å². The first-order valence-corrected chi connectivity index (χ1v) is 5.94. The summed E-state index contributed by atoms with van der Waals surface area (Å²) in [6.07, 6.45) is 2.77. The number of nitrogens with zero attached hydrogens (tertiary/aromatic N) is 3. The molecule has 0 aliphatic heterocycles. The van der Waals surface area contributed by atoms with Crippen LogP contribution in [-0.2, 0) is 0 Å². The molecule has 1 unspecified atom stereocenters. The van der Waals surface area contributed by atoms with E-state index in [-0.39, 0.29) is 0 Å². The lowest BCUT2D eigenvalue weighted by atomic mass is 10.2. The Labute approximate surface area is 99.0 Å². The molecule has 15 heavy (non-hydrogen) atoms. The number of anilines is 2. The van der Waals surface area contributed by atoms with E-state index in [1.807, 2.05) is 0 Å². The highest BCUT2D eigenvalue weighted by atomic mass is 79.9. The number of aromatic nitrogens is 2. The molecule has 0 aliphatic rings. The minimum Gasteiger partial charge on any atom is -0.368 e. The van der Waals surface area contributed by atoms with Crippen molar-refractivity contribution in [1.82, 2.24) is 9.97 Å². The molecule has 1 heterocycles. The molecule has 0 radical (unpaired) electrons. The molecule has 2 N–H and O–H groups in total. The molecule has 4 nitrogen and oxygen atoms in total. The van der Waals surface area contributed by atoms with E-state index in [0.717, 1.165) is 23.3 Å². The van der Waals surface area contributed by atoms with Crippen molar-refractivity contribution in [3.63, 3.8) is 0 Å². The number of nitrogens with two attached hydrogens (primary N) is 1. The molecule has 1 aromatic heterocycles. The summed E-state index contributed by atoms with van der Waals surface area (Å²) in [5, 5.41) is 0. The Morgan fingerprint density at radius 3 is 2.73 bits per heavy atom. The molecule has 0 amide bonds. The lowest BCUT2D eigenvalue weighted by Crippen LogP contribution is -2.33. The fourth-order valence-corrected chi connectivity index (χ4v) is 1.88. The predicted molar refractivity (Wildman–Crippen MR) is 66.9 cm³/mol. The highest BCUT2D eigenvalue weighted by Gasteiger charge is 2.15. The molecule has 0 fully saturated rings. The van der Waals surface area contributed by atoms with Gasteiger partial charge in [0.2, 0.25) is 5.95 Å². The van der Waals surface area contributed by atoms with Gasteiger partial charge in [0.1, 0.15) is 5.82 Å². The van der Waals surface area contributed by atoms with Crippen LogP contribution < -0.4 is 10.6 Å². The van der Waals surface area contributed by atoms with Crippen molar-refractivity contribution in [2.24, 2.45) is 0 Å².